The standard InChI is InChI=1S/C27H30N4O3S/c1-30-12-14-31(15-13-30)26(34)21-8-9-22-24(17-21)35-27(28-22)29-25(33)11-10-23(32)20-7-6-18-4-2-3-5-19(18)16-20/h6-9,16-17H,2-5,10-15H2,1H3,(H,28,29,33). The lowest BCUT2D eigenvalue weighted by Crippen LogP contribution is -2.47. The number of piperazine rings is 1. The number of aromatic nitrogens is 1. The quantitative estimate of drug-likeness (QED) is 0.525. The Morgan fingerprint density at radius 3 is 2.46 bits per heavy atom. The Kier molecular flexibility index (Phi) is 6.92. The zero-order valence-corrected chi connectivity index (χ0v) is 20.8. The molecular weight excluding hydrogens is 460 g/mol. The van der Waals surface area contributed by atoms with E-state index in [9.17, 15) is 14.4 Å². The molecule has 1 aromatic heterocycles. The van der Waals surface area contributed by atoms with Crippen molar-refractivity contribution in [1.29, 1.82) is 0 Å². The summed E-state index contributed by atoms with van der Waals surface area (Å²) in [7, 11) is 2.06. The van der Waals surface area contributed by atoms with E-state index in [4.69, 9.17) is 0 Å². The van der Waals surface area contributed by atoms with Crippen molar-refractivity contribution in [3.63, 3.8) is 0 Å². The number of hydrogen-bond donors (Lipinski definition) is 1. The Morgan fingerprint density at radius 1 is 0.914 bits per heavy atom. The highest BCUT2D eigenvalue weighted by Crippen LogP contribution is 2.28. The van der Waals surface area contributed by atoms with E-state index in [1.54, 1.807) is 6.07 Å². The molecule has 0 unspecified atom stereocenters. The summed E-state index contributed by atoms with van der Waals surface area (Å²) in [5.74, 6) is -0.214. The third-order valence-corrected chi connectivity index (χ3v) is 7.86. The van der Waals surface area contributed by atoms with Crippen molar-refractivity contribution < 1.29 is 14.4 Å². The van der Waals surface area contributed by atoms with E-state index in [0.717, 1.165) is 49.2 Å². The maximum atomic E-state index is 12.9. The Labute approximate surface area is 209 Å². The molecule has 1 N–H and O–H groups in total. The third-order valence-electron chi connectivity index (χ3n) is 6.92. The molecule has 1 saturated heterocycles. The van der Waals surface area contributed by atoms with E-state index in [-0.39, 0.29) is 30.4 Å². The lowest BCUT2D eigenvalue weighted by Gasteiger charge is -2.32. The number of carbonyl (C=O) groups is 3. The molecule has 2 heterocycles. The average molecular weight is 491 g/mol. The van der Waals surface area contributed by atoms with Crippen LogP contribution in [-0.4, -0.2) is 65.6 Å². The molecule has 5 rings (SSSR count). The third kappa shape index (κ3) is 5.44. The molecule has 0 bridgehead atoms. The number of anilines is 1. The highest BCUT2D eigenvalue weighted by atomic mass is 32.1. The fourth-order valence-corrected chi connectivity index (χ4v) is 5.68. The van der Waals surface area contributed by atoms with Gasteiger partial charge in [-0.05, 0) is 68.1 Å². The number of fused-ring (bicyclic) bond motifs is 2. The van der Waals surface area contributed by atoms with Gasteiger partial charge in [0.2, 0.25) is 5.91 Å². The van der Waals surface area contributed by atoms with Gasteiger partial charge < -0.3 is 15.1 Å². The number of rotatable bonds is 6. The molecule has 0 saturated carbocycles. The fourth-order valence-electron chi connectivity index (χ4n) is 4.76. The van der Waals surface area contributed by atoms with E-state index in [0.29, 0.717) is 16.3 Å². The molecule has 0 spiro atoms. The first-order chi connectivity index (χ1) is 17.0. The average Bonchev–Trinajstić information content (AvgIpc) is 3.28. The number of nitrogens with zero attached hydrogens (tertiary/aromatic N) is 3. The Hall–Kier alpha value is -3.10. The van der Waals surface area contributed by atoms with Gasteiger partial charge >= 0.3 is 0 Å². The fraction of sp³-hybridized carbons (Fsp3) is 0.407. The zero-order valence-electron chi connectivity index (χ0n) is 20.0. The summed E-state index contributed by atoms with van der Waals surface area (Å²) in [6.45, 7) is 3.20. The van der Waals surface area contributed by atoms with Gasteiger partial charge in [-0.15, -0.1) is 0 Å². The summed E-state index contributed by atoms with van der Waals surface area (Å²) < 4.78 is 0.852. The van der Waals surface area contributed by atoms with Crippen LogP contribution in [0.2, 0.25) is 0 Å². The molecular formula is C27H30N4O3S. The predicted octanol–water partition coefficient (Wildman–Crippen LogP) is 4.16. The number of Topliss-reactive ketones (excluding diaryl/α,β-unsaturated/α-hetero) is 1. The van der Waals surface area contributed by atoms with Crippen molar-refractivity contribution in [2.24, 2.45) is 0 Å². The van der Waals surface area contributed by atoms with Crippen molar-refractivity contribution in [3.8, 4) is 0 Å². The van der Waals surface area contributed by atoms with Crippen molar-refractivity contribution in [1.82, 2.24) is 14.8 Å². The van der Waals surface area contributed by atoms with Crippen molar-refractivity contribution in [2.75, 3.05) is 38.5 Å². The van der Waals surface area contributed by atoms with E-state index in [2.05, 4.69) is 28.3 Å². The first-order valence-corrected chi connectivity index (χ1v) is 13.1. The van der Waals surface area contributed by atoms with Crippen LogP contribution in [0.1, 0.15) is 57.5 Å². The van der Waals surface area contributed by atoms with Crippen LogP contribution in [0, 0.1) is 0 Å². The molecule has 35 heavy (non-hydrogen) atoms. The highest BCUT2D eigenvalue weighted by Gasteiger charge is 2.21. The largest absolute Gasteiger partial charge is 0.336 e. The minimum Gasteiger partial charge on any atom is -0.336 e. The van der Waals surface area contributed by atoms with Gasteiger partial charge in [-0.3, -0.25) is 14.4 Å². The molecule has 2 aliphatic rings. The first kappa shape index (κ1) is 23.6. The number of carbonyl (C=O) groups excluding carboxylic acids is 3. The zero-order chi connectivity index (χ0) is 24.4. The van der Waals surface area contributed by atoms with Crippen molar-refractivity contribution in [3.05, 3.63) is 58.7 Å². The number of benzene rings is 2. The highest BCUT2D eigenvalue weighted by molar-refractivity contribution is 7.22. The summed E-state index contributed by atoms with van der Waals surface area (Å²) in [6.07, 6.45) is 4.76. The van der Waals surface area contributed by atoms with E-state index in [1.165, 1.54) is 35.3 Å². The van der Waals surface area contributed by atoms with Gasteiger partial charge in [0.05, 0.1) is 10.2 Å². The summed E-state index contributed by atoms with van der Waals surface area (Å²) in [5, 5.41) is 3.30. The molecule has 8 heteroatoms. The number of hydrogen-bond acceptors (Lipinski definition) is 6. The minimum absolute atomic E-state index is 0.00937. The lowest BCUT2D eigenvalue weighted by molar-refractivity contribution is -0.116. The molecule has 0 atom stereocenters. The van der Waals surface area contributed by atoms with Crippen molar-refractivity contribution >= 4 is 44.3 Å². The van der Waals surface area contributed by atoms with Crippen LogP contribution in [0.5, 0.6) is 0 Å². The number of thiazole rings is 1. The lowest BCUT2D eigenvalue weighted by atomic mass is 9.89. The van der Waals surface area contributed by atoms with Gasteiger partial charge in [-0.25, -0.2) is 4.98 Å². The number of ketones is 1. The summed E-state index contributed by atoms with van der Waals surface area (Å²) in [5.41, 5.74) is 4.68. The SMILES string of the molecule is CN1CCN(C(=O)c2ccc3nc(NC(=O)CCC(=O)c4ccc5c(c4)CCCC5)sc3c2)CC1. The van der Waals surface area contributed by atoms with E-state index >= 15 is 0 Å². The second-order valence-electron chi connectivity index (χ2n) is 9.46. The first-order valence-electron chi connectivity index (χ1n) is 12.3. The molecule has 2 amide bonds. The number of nitrogens with one attached hydrogen (secondary N) is 1. The monoisotopic (exact) mass is 490 g/mol. The van der Waals surface area contributed by atoms with Gasteiger partial charge in [0.25, 0.3) is 5.91 Å². The molecule has 0 radical (unpaired) electrons. The molecule has 1 fully saturated rings. The number of aryl methyl sites for hydroxylation is 2. The smallest absolute Gasteiger partial charge is 0.253 e. The van der Waals surface area contributed by atoms with Crippen LogP contribution >= 0.6 is 11.3 Å². The van der Waals surface area contributed by atoms with Crippen molar-refractivity contribution in [2.45, 2.75) is 38.5 Å². The van der Waals surface area contributed by atoms with Crippen LogP contribution in [0.4, 0.5) is 5.13 Å². The number of amides is 2. The summed E-state index contributed by atoms with van der Waals surface area (Å²) in [4.78, 5) is 46.6. The van der Waals surface area contributed by atoms with Gasteiger partial charge in [0, 0.05) is 50.1 Å². The molecule has 1 aliphatic carbocycles. The van der Waals surface area contributed by atoms with Crippen LogP contribution in [0.25, 0.3) is 10.2 Å². The van der Waals surface area contributed by atoms with Crippen LogP contribution in [0.3, 0.4) is 0 Å². The topological polar surface area (TPSA) is 82.6 Å². The minimum atomic E-state index is -0.232. The summed E-state index contributed by atoms with van der Waals surface area (Å²) in [6, 6.07) is 11.4. The molecule has 1 aliphatic heterocycles. The van der Waals surface area contributed by atoms with Gasteiger partial charge in [-0.2, -0.15) is 0 Å². The van der Waals surface area contributed by atoms with E-state index < -0.39 is 0 Å². The second kappa shape index (κ2) is 10.3. The van der Waals surface area contributed by atoms with E-state index in [1.807, 2.05) is 29.2 Å². The second-order valence-corrected chi connectivity index (χ2v) is 10.5. The molecule has 2 aromatic carbocycles. The Balaban J connectivity index is 1.18. The molecule has 3 aromatic rings. The molecule has 182 valence electrons. The maximum Gasteiger partial charge on any atom is 0.253 e. The van der Waals surface area contributed by atoms with Gasteiger partial charge in [0.1, 0.15) is 0 Å². The predicted molar refractivity (Wildman–Crippen MR) is 138 cm³/mol. The van der Waals surface area contributed by atoms with Gasteiger partial charge in [-0.1, -0.05) is 23.5 Å². The number of likely N-dealkylation sites (N-methyl/N-ethyl adjacent to an activating group) is 1. The normalized spacial score (nSPS) is 16.2. The van der Waals surface area contributed by atoms with Crippen LogP contribution in [-0.2, 0) is 17.6 Å². The Bertz CT molecular complexity index is 1280. The summed E-state index contributed by atoms with van der Waals surface area (Å²) >= 11 is 1.34. The Morgan fingerprint density at radius 2 is 1.66 bits per heavy atom. The molecule has 7 nitrogen and oxygen atoms in total. The van der Waals surface area contributed by atoms with Gasteiger partial charge in [0.15, 0.2) is 10.9 Å². The van der Waals surface area contributed by atoms with Crippen LogP contribution in [0.15, 0.2) is 36.4 Å². The maximum absolute atomic E-state index is 12.9. The van der Waals surface area contributed by atoms with Crippen LogP contribution < -0.4 is 5.32 Å².